The molecule has 0 aliphatic carbocycles. The Hall–Kier alpha value is -2.47. The average Bonchev–Trinajstić information content (AvgIpc) is 3.24. The zero-order valence-electron chi connectivity index (χ0n) is 13.1. The highest BCUT2D eigenvalue weighted by Crippen LogP contribution is 2.14. The van der Waals surface area contributed by atoms with E-state index in [2.05, 4.69) is 10.3 Å². The van der Waals surface area contributed by atoms with Crippen LogP contribution in [0.5, 0.6) is 0 Å². The maximum atomic E-state index is 12.6. The lowest BCUT2D eigenvalue weighted by atomic mass is 10.2. The maximum Gasteiger partial charge on any atom is 0.276 e. The number of benzene rings is 1. The van der Waals surface area contributed by atoms with Crippen molar-refractivity contribution in [2.24, 2.45) is 0 Å². The molecule has 0 radical (unpaired) electrons. The average molecular weight is 326 g/mol. The molecule has 3 rings (SSSR count). The van der Waals surface area contributed by atoms with Crippen LogP contribution in [0, 0.1) is 6.92 Å². The molecule has 5 nitrogen and oxygen atoms in total. The zero-order valence-corrected chi connectivity index (χ0v) is 14.0. The van der Waals surface area contributed by atoms with Gasteiger partial charge in [-0.2, -0.15) is 0 Å². The third kappa shape index (κ3) is 3.48. The van der Waals surface area contributed by atoms with Crippen molar-refractivity contribution in [3.63, 3.8) is 0 Å². The molecular weight excluding hydrogens is 308 g/mol. The highest BCUT2D eigenvalue weighted by atomic mass is 32.1. The molecule has 0 atom stereocenters. The summed E-state index contributed by atoms with van der Waals surface area (Å²) < 4.78 is 1.63. The molecule has 0 saturated heterocycles. The number of aryl methyl sites for hydroxylation is 1. The molecule has 0 saturated carbocycles. The lowest BCUT2D eigenvalue weighted by Crippen LogP contribution is -2.30. The smallest absolute Gasteiger partial charge is 0.276 e. The minimum Gasteiger partial charge on any atom is -0.332 e. The Balaban J connectivity index is 1.78. The van der Waals surface area contributed by atoms with Gasteiger partial charge in [0.1, 0.15) is 0 Å². The number of amides is 1. The minimum absolute atomic E-state index is 0.0979. The van der Waals surface area contributed by atoms with E-state index in [4.69, 9.17) is 0 Å². The fourth-order valence-electron chi connectivity index (χ4n) is 2.27. The molecule has 23 heavy (non-hydrogen) atoms. The van der Waals surface area contributed by atoms with E-state index >= 15 is 0 Å². The van der Waals surface area contributed by atoms with Gasteiger partial charge in [0.2, 0.25) is 0 Å². The molecule has 0 N–H and O–H groups in total. The van der Waals surface area contributed by atoms with E-state index in [0.29, 0.717) is 18.8 Å². The van der Waals surface area contributed by atoms with E-state index in [0.717, 1.165) is 10.6 Å². The van der Waals surface area contributed by atoms with Crippen LogP contribution in [-0.2, 0) is 6.54 Å². The summed E-state index contributed by atoms with van der Waals surface area (Å²) in [5, 5.41) is 10.1. The second kappa shape index (κ2) is 6.75. The molecule has 118 valence electrons. The summed E-state index contributed by atoms with van der Waals surface area (Å²) in [7, 11) is 0. The van der Waals surface area contributed by atoms with Gasteiger partial charge in [0, 0.05) is 11.4 Å². The van der Waals surface area contributed by atoms with E-state index in [1.54, 1.807) is 27.1 Å². The molecule has 0 spiro atoms. The van der Waals surface area contributed by atoms with E-state index in [9.17, 15) is 4.79 Å². The second-order valence-electron chi connectivity index (χ2n) is 5.28. The Labute approximate surface area is 139 Å². The van der Waals surface area contributed by atoms with Gasteiger partial charge in [-0.25, -0.2) is 4.68 Å². The summed E-state index contributed by atoms with van der Waals surface area (Å²) >= 11 is 1.65. The van der Waals surface area contributed by atoms with Crippen LogP contribution in [-0.4, -0.2) is 32.3 Å². The summed E-state index contributed by atoms with van der Waals surface area (Å²) in [6.45, 7) is 5.23. The monoisotopic (exact) mass is 326 g/mol. The molecule has 2 heterocycles. The number of carbonyl (C=O) groups is 1. The van der Waals surface area contributed by atoms with Crippen LogP contribution < -0.4 is 0 Å². The molecule has 3 aromatic rings. The molecule has 6 heteroatoms. The van der Waals surface area contributed by atoms with Crippen molar-refractivity contribution in [2.45, 2.75) is 20.4 Å². The van der Waals surface area contributed by atoms with E-state index in [1.807, 2.05) is 55.6 Å². The van der Waals surface area contributed by atoms with Crippen molar-refractivity contribution < 1.29 is 4.79 Å². The van der Waals surface area contributed by atoms with Crippen LogP contribution in [0.25, 0.3) is 5.69 Å². The molecule has 1 amide bonds. The quantitative estimate of drug-likeness (QED) is 0.723. The Morgan fingerprint density at radius 1 is 1.26 bits per heavy atom. The van der Waals surface area contributed by atoms with Crippen molar-refractivity contribution in [1.29, 1.82) is 0 Å². The fourth-order valence-corrected chi connectivity index (χ4v) is 2.98. The Morgan fingerprint density at radius 3 is 2.70 bits per heavy atom. The predicted octanol–water partition coefficient (Wildman–Crippen LogP) is 3.30. The van der Waals surface area contributed by atoms with Gasteiger partial charge < -0.3 is 4.90 Å². The molecule has 0 fully saturated rings. The number of carbonyl (C=O) groups excluding carboxylic acids is 1. The van der Waals surface area contributed by atoms with Crippen molar-refractivity contribution in [3.05, 3.63) is 64.1 Å². The van der Waals surface area contributed by atoms with Gasteiger partial charge in [-0.1, -0.05) is 29.0 Å². The third-order valence-corrected chi connectivity index (χ3v) is 4.47. The number of aromatic nitrogens is 3. The van der Waals surface area contributed by atoms with E-state index in [1.165, 1.54) is 5.56 Å². The van der Waals surface area contributed by atoms with Crippen LogP contribution in [0.3, 0.4) is 0 Å². The first kappa shape index (κ1) is 15.4. The van der Waals surface area contributed by atoms with Gasteiger partial charge in [-0.15, -0.1) is 16.4 Å². The molecule has 0 bridgehead atoms. The lowest BCUT2D eigenvalue weighted by molar-refractivity contribution is 0.0748. The molecule has 0 aliphatic heterocycles. The first-order valence-electron chi connectivity index (χ1n) is 7.48. The summed E-state index contributed by atoms with van der Waals surface area (Å²) in [6, 6.07) is 12.0. The summed E-state index contributed by atoms with van der Waals surface area (Å²) in [4.78, 5) is 15.5. The number of hydrogen-bond acceptors (Lipinski definition) is 4. The SMILES string of the molecule is CCN(Cc1cccs1)C(=O)c1cn(-c2ccc(C)cc2)nn1. The number of thiophene rings is 1. The third-order valence-electron chi connectivity index (χ3n) is 3.61. The van der Waals surface area contributed by atoms with Crippen molar-refractivity contribution in [1.82, 2.24) is 19.9 Å². The first-order valence-corrected chi connectivity index (χ1v) is 8.36. The van der Waals surface area contributed by atoms with Crippen molar-refractivity contribution in [3.8, 4) is 5.69 Å². The van der Waals surface area contributed by atoms with Gasteiger partial charge in [-0.3, -0.25) is 4.79 Å². The van der Waals surface area contributed by atoms with Crippen molar-refractivity contribution in [2.75, 3.05) is 6.54 Å². The van der Waals surface area contributed by atoms with Gasteiger partial charge >= 0.3 is 0 Å². The predicted molar refractivity (Wildman–Crippen MR) is 90.8 cm³/mol. The Morgan fingerprint density at radius 2 is 2.04 bits per heavy atom. The van der Waals surface area contributed by atoms with Crippen LogP contribution in [0.15, 0.2) is 48.0 Å². The highest BCUT2D eigenvalue weighted by Gasteiger charge is 2.18. The Kier molecular flexibility index (Phi) is 4.52. The van der Waals surface area contributed by atoms with E-state index in [-0.39, 0.29) is 5.91 Å². The van der Waals surface area contributed by atoms with Crippen molar-refractivity contribution >= 4 is 17.2 Å². The molecule has 0 aliphatic rings. The van der Waals surface area contributed by atoms with Gasteiger partial charge in [-0.05, 0) is 37.4 Å². The number of rotatable bonds is 5. The second-order valence-corrected chi connectivity index (χ2v) is 6.31. The number of nitrogens with zero attached hydrogens (tertiary/aromatic N) is 4. The van der Waals surface area contributed by atoms with Crippen LogP contribution in [0.1, 0.15) is 27.9 Å². The Bertz CT molecular complexity index is 777. The summed E-state index contributed by atoms with van der Waals surface area (Å²) in [5.41, 5.74) is 2.44. The number of hydrogen-bond donors (Lipinski definition) is 0. The summed E-state index contributed by atoms with van der Waals surface area (Å²) in [6.07, 6.45) is 1.68. The topological polar surface area (TPSA) is 51.0 Å². The van der Waals surface area contributed by atoms with Gasteiger partial charge in [0.05, 0.1) is 18.4 Å². The molecule has 0 unspecified atom stereocenters. The fraction of sp³-hybridized carbons (Fsp3) is 0.235. The van der Waals surface area contributed by atoms with Gasteiger partial charge in [0.25, 0.3) is 5.91 Å². The van der Waals surface area contributed by atoms with Gasteiger partial charge in [0.15, 0.2) is 5.69 Å². The highest BCUT2D eigenvalue weighted by molar-refractivity contribution is 7.09. The summed E-state index contributed by atoms with van der Waals surface area (Å²) in [5.74, 6) is -0.0979. The molecular formula is C17H18N4OS. The van der Waals surface area contributed by atoms with E-state index < -0.39 is 0 Å². The molecule has 1 aromatic carbocycles. The van der Waals surface area contributed by atoms with Crippen LogP contribution >= 0.6 is 11.3 Å². The maximum absolute atomic E-state index is 12.6. The normalized spacial score (nSPS) is 10.7. The largest absolute Gasteiger partial charge is 0.332 e. The standard InChI is InChI=1S/C17H18N4OS/c1-3-20(11-15-5-4-10-23-15)17(22)16-12-21(19-18-16)14-8-6-13(2)7-9-14/h4-10,12H,3,11H2,1-2H3. The lowest BCUT2D eigenvalue weighted by Gasteiger charge is -2.18. The van der Waals surface area contributed by atoms with Crippen LogP contribution in [0.2, 0.25) is 0 Å². The zero-order chi connectivity index (χ0) is 16.2. The first-order chi connectivity index (χ1) is 11.2. The van der Waals surface area contributed by atoms with Crippen LogP contribution in [0.4, 0.5) is 0 Å². The molecule has 2 aromatic heterocycles. The minimum atomic E-state index is -0.0979.